The maximum Gasteiger partial charge on any atom is 0.242 e. The van der Waals surface area contributed by atoms with Gasteiger partial charge in [0.15, 0.2) is 0 Å². The molecule has 1 atom stereocenters. The monoisotopic (exact) mass is 321 g/mol. The summed E-state index contributed by atoms with van der Waals surface area (Å²) in [7, 11) is 0. The van der Waals surface area contributed by atoms with Crippen LogP contribution in [0.1, 0.15) is 49.2 Å². The number of thiazole rings is 1. The lowest BCUT2D eigenvalue weighted by atomic mass is 9.98. The summed E-state index contributed by atoms with van der Waals surface area (Å²) in [6.45, 7) is 4.65. The molecule has 0 bridgehead atoms. The highest BCUT2D eigenvalue weighted by molar-refractivity contribution is 7.09. The van der Waals surface area contributed by atoms with E-state index in [4.69, 9.17) is 0 Å². The summed E-state index contributed by atoms with van der Waals surface area (Å²) in [4.78, 5) is 32.4. The van der Waals surface area contributed by atoms with Crippen molar-refractivity contribution in [3.63, 3.8) is 0 Å². The van der Waals surface area contributed by atoms with Crippen LogP contribution in [0.2, 0.25) is 0 Å². The summed E-state index contributed by atoms with van der Waals surface area (Å²) in [6.07, 6.45) is 4.56. The standard InChI is InChI=1S/C16H23N3O2S/c1-2-13-11-22-16(17-13)12-5-3-7-18(9-12)15(21)10-19-8-4-6-14(19)20/h11-12H,2-10H2,1H3. The van der Waals surface area contributed by atoms with Gasteiger partial charge < -0.3 is 9.80 Å². The summed E-state index contributed by atoms with van der Waals surface area (Å²) < 4.78 is 0. The summed E-state index contributed by atoms with van der Waals surface area (Å²) in [6, 6.07) is 0. The molecule has 6 heteroatoms. The molecule has 1 unspecified atom stereocenters. The Kier molecular flexibility index (Phi) is 4.76. The van der Waals surface area contributed by atoms with E-state index in [1.165, 1.54) is 0 Å². The maximum absolute atomic E-state index is 12.5. The van der Waals surface area contributed by atoms with Crippen LogP contribution in [-0.4, -0.2) is 52.8 Å². The van der Waals surface area contributed by atoms with Crippen molar-refractivity contribution in [2.75, 3.05) is 26.2 Å². The van der Waals surface area contributed by atoms with E-state index in [0.717, 1.165) is 56.0 Å². The van der Waals surface area contributed by atoms with Crippen molar-refractivity contribution in [2.45, 2.75) is 44.9 Å². The van der Waals surface area contributed by atoms with Crippen molar-refractivity contribution in [3.8, 4) is 0 Å². The quantitative estimate of drug-likeness (QED) is 0.853. The first-order valence-corrected chi connectivity index (χ1v) is 9.05. The number of aromatic nitrogens is 1. The summed E-state index contributed by atoms with van der Waals surface area (Å²) in [5, 5.41) is 3.28. The second-order valence-electron chi connectivity index (χ2n) is 6.13. The van der Waals surface area contributed by atoms with E-state index in [9.17, 15) is 9.59 Å². The molecule has 5 nitrogen and oxygen atoms in total. The lowest BCUT2D eigenvalue weighted by molar-refractivity contribution is -0.139. The summed E-state index contributed by atoms with van der Waals surface area (Å²) in [5.74, 6) is 0.568. The molecule has 0 aromatic carbocycles. The Balaban J connectivity index is 1.60. The van der Waals surface area contributed by atoms with Gasteiger partial charge in [0.1, 0.15) is 0 Å². The molecule has 3 heterocycles. The topological polar surface area (TPSA) is 53.5 Å². The van der Waals surface area contributed by atoms with Crippen molar-refractivity contribution in [3.05, 3.63) is 16.1 Å². The number of piperidine rings is 1. The molecule has 120 valence electrons. The first-order valence-electron chi connectivity index (χ1n) is 8.17. The molecule has 3 rings (SSSR count). The van der Waals surface area contributed by atoms with Gasteiger partial charge in [0.2, 0.25) is 11.8 Å². The van der Waals surface area contributed by atoms with Crippen LogP contribution in [0.15, 0.2) is 5.38 Å². The number of carbonyl (C=O) groups excluding carboxylic acids is 2. The molecule has 0 aliphatic carbocycles. The Morgan fingerprint density at radius 1 is 1.41 bits per heavy atom. The van der Waals surface area contributed by atoms with Crippen molar-refractivity contribution in [1.29, 1.82) is 0 Å². The molecular weight excluding hydrogens is 298 g/mol. The molecule has 2 amide bonds. The van der Waals surface area contributed by atoms with Gasteiger partial charge >= 0.3 is 0 Å². The van der Waals surface area contributed by atoms with Gasteiger partial charge in [-0.3, -0.25) is 9.59 Å². The van der Waals surface area contributed by atoms with Gasteiger partial charge in [-0.2, -0.15) is 0 Å². The first-order chi connectivity index (χ1) is 10.7. The van der Waals surface area contributed by atoms with E-state index >= 15 is 0 Å². The fraction of sp³-hybridized carbons (Fsp3) is 0.688. The van der Waals surface area contributed by atoms with Crippen LogP contribution in [0.5, 0.6) is 0 Å². The van der Waals surface area contributed by atoms with Crippen molar-refractivity contribution in [2.24, 2.45) is 0 Å². The van der Waals surface area contributed by atoms with E-state index in [1.807, 2.05) is 4.90 Å². The molecule has 2 fully saturated rings. The van der Waals surface area contributed by atoms with Gasteiger partial charge in [-0.15, -0.1) is 11.3 Å². The number of aryl methyl sites for hydroxylation is 1. The Hall–Kier alpha value is -1.43. The fourth-order valence-corrected chi connectivity index (χ4v) is 4.24. The van der Waals surface area contributed by atoms with E-state index < -0.39 is 0 Å². The highest BCUT2D eigenvalue weighted by Gasteiger charge is 2.29. The number of hydrogen-bond acceptors (Lipinski definition) is 4. The molecule has 2 aliphatic rings. The Labute approximate surface area is 135 Å². The van der Waals surface area contributed by atoms with Crippen molar-refractivity contribution >= 4 is 23.2 Å². The number of likely N-dealkylation sites (tertiary alicyclic amines) is 2. The van der Waals surface area contributed by atoms with Gasteiger partial charge in [-0.25, -0.2) is 4.98 Å². The summed E-state index contributed by atoms with van der Waals surface area (Å²) in [5.41, 5.74) is 1.14. The van der Waals surface area contributed by atoms with E-state index in [2.05, 4.69) is 17.3 Å². The minimum absolute atomic E-state index is 0.0900. The molecular formula is C16H23N3O2S. The van der Waals surface area contributed by atoms with Crippen LogP contribution < -0.4 is 0 Å². The molecule has 0 radical (unpaired) electrons. The molecule has 22 heavy (non-hydrogen) atoms. The van der Waals surface area contributed by atoms with E-state index in [1.54, 1.807) is 16.2 Å². The summed E-state index contributed by atoms with van der Waals surface area (Å²) >= 11 is 1.71. The Morgan fingerprint density at radius 2 is 2.27 bits per heavy atom. The molecule has 2 saturated heterocycles. The molecule has 1 aromatic rings. The Morgan fingerprint density at radius 3 is 2.95 bits per heavy atom. The number of nitrogens with zero attached hydrogens (tertiary/aromatic N) is 3. The number of rotatable bonds is 4. The van der Waals surface area contributed by atoms with Gasteiger partial charge in [0, 0.05) is 37.4 Å². The van der Waals surface area contributed by atoms with Gasteiger partial charge in [-0.05, 0) is 25.7 Å². The normalized spacial score (nSPS) is 22.4. The van der Waals surface area contributed by atoms with Gasteiger partial charge in [0.25, 0.3) is 0 Å². The van der Waals surface area contributed by atoms with Crippen LogP contribution in [-0.2, 0) is 16.0 Å². The average Bonchev–Trinajstić information content (AvgIpc) is 3.17. The van der Waals surface area contributed by atoms with Gasteiger partial charge in [0.05, 0.1) is 17.2 Å². The maximum atomic E-state index is 12.5. The zero-order chi connectivity index (χ0) is 15.5. The molecule has 0 spiro atoms. The third kappa shape index (κ3) is 3.32. The predicted molar refractivity (Wildman–Crippen MR) is 85.9 cm³/mol. The molecule has 1 aromatic heterocycles. The number of amides is 2. The fourth-order valence-electron chi connectivity index (χ4n) is 3.21. The second-order valence-corrected chi connectivity index (χ2v) is 7.02. The van der Waals surface area contributed by atoms with E-state index in [0.29, 0.717) is 12.3 Å². The lowest BCUT2D eigenvalue weighted by Gasteiger charge is -2.33. The van der Waals surface area contributed by atoms with Crippen molar-refractivity contribution < 1.29 is 9.59 Å². The van der Waals surface area contributed by atoms with Crippen LogP contribution in [0.25, 0.3) is 0 Å². The zero-order valence-corrected chi connectivity index (χ0v) is 13.9. The zero-order valence-electron chi connectivity index (χ0n) is 13.1. The highest BCUT2D eigenvalue weighted by Crippen LogP contribution is 2.29. The average molecular weight is 321 g/mol. The molecule has 2 aliphatic heterocycles. The second kappa shape index (κ2) is 6.77. The highest BCUT2D eigenvalue weighted by atomic mass is 32.1. The van der Waals surface area contributed by atoms with Gasteiger partial charge in [-0.1, -0.05) is 6.92 Å². The van der Waals surface area contributed by atoms with Crippen molar-refractivity contribution in [1.82, 2.24) is 14.8 Å². The number of carbonyl (C=O) groups is 2. The molecule has 0 N–H and O–H groups in total. The minimum Gasteiger partial charge on any atom is -0.340 e. The van der Waals surface area contributed by atoms with Crippen LogP contribution in [0.3, 0.4) is 0 Å². The first kappa shape index (κ1) is 15.5. The minimum atomic E-state index is 0.0900. The van der Waals surface area contributed by atoms with Crippen LogP contribution in [0.4, 0.5) is 0 Å². The van der Waals surface area contributed by atoms with Crippen LogP contribution in [0, 0.1) is 0 Å². The smallest absolute Gasteiger partial charge is 0.242 e. The predicted octanol–water partition coefficient (Wildman–Crippen LogP) is 2.03. The largest absolute Gasteiger partial charge is 0.340 e. The lowest BCUT2D eigenvalue weighted by Crippen LogP contribution is -2.44. The third-order valence-electron chi connectivity index (χ3n) is 4.55. The third-order valence-corrected chi connectivity index (χ3v) is 5.61. The Bertz CT molecular complexity index is 557. The van der Waals surface area contributed by atoms with Crippen LogP contribution >= 0.6 is 11.3 Å². The van der Waals surface area contributed by atoms with E-state index in [-0.39, 0.29) is 18.4 Å². The number of hydrogen-bond donors (Lipinski definition) is 0. The SMILES string of the molecule is CCc1csc(C2CCCN(C(=O)CN3CCCC3=O)C2)n1. The molecule has 0 saturated carbocycles.